The second-order valence-corrected chi connectivity index (χ2v) is 10.2. The highest BCUT2D eigenvalue weighted by molar-refractivity contribution is 6.01. The van der Waals surface area contributed by atoms with E-state index in [9.17, 15) is 9.18 Å². The van der Waals surface area contributed by atoms with E-state index in [0.717, 1.165) is 33.1 Å². The summed E-state index contributed by atoms with van der Waals surface area (Å²) in [5.74, 6) is -0.403. The van der Waals surface area contributed by atoms with E-state index >= 15 is 0 Å². The van der Waals surface area contributed by atoms with Crippen LogP contribution in [0.3, 0.4) is 0 Å². The Bertz CT molecular complexity index is 1830. The number of aromatic amines is 2. The van der Waals surface area contributed by atoms with Crippen LogP contribution in [0.1, 0.15) is 20.8 Å². The fourth-order valence-corrected chi connectivity index (χ4v) is 4.32. The minimum atomic E-state index is -0.528. The quantitative estimate of drug-likeness (QED) is 0.258. The molecule has 188 valence electrons. The Morgan fingerprint density at radius 3 is 2.53 bits per heavy atom. The molecule has 0 saturated carbocycles. The van der Waals surface area contributed by atoms with E-state index in [4.69, 9.17) is 0 Å². The van der Waals surface area contributed by atoms with Crippen molar-refractivity contribution in [3.05, 3.63) is 79.3 Å². The Morgan fingerprint density at radius 2 is 1.71 bits per heavy atom. The SMILES string of the molecule is CC(C)(C)C(=O)Nc1cncc(-c2cc3c(-c4cc5c(-c6ccccc6F)cncc5[nH]4)n[nH]c3cn2)c1. The van der Waals surface area contributed by atoms with E-state index in [1.54, 1.807) is 49.2 Å². The number of nitrogens with one attached hydrogen (secondary N) is 3. The molecule has 0 radical (unpaired) electrons. The number of rotatable bonds is 4. The highest BCUT2D eigenvalue weighted by atomic mass is 19.1. The van der Waals surface area contributed by atoms with Crippen molar-refractivity contribution in [2.45, 2.75) is 20.8 Å². The molecule has 1 amide bonds. The lowest BCUT2D eigenvalue weighted by Gasteiger charge is -2.17. The van der Waals surface area contributed by atoms with Gasteiger partial charge in [-0.1, -0.05) is 39.0 Å². The van der Waals surface area contributed by atoms with Gasteiger partial charge in [0.2, 0.25) is 5.91 Å². The third-order valence-electron chi connectivity index (χ3n) is 6.39. The predicted molar refractivity (Wildman–Crippen MR) is 146 cm³/mol. The van der Waals surface area contributed by atoms with E-state index in [1.165, 1.54) is 6.07 Å². The van der Waals surface area contributed by atoms with Gasteiger partial charge >= 0.3 is 0 Å². The summed E-state index contributed by atoms with van der Waals surface area (Å²) < 4.78 is 14.6. The first-order chi connectivity index (χ1) is 18.3. The lowest BCUT2D eigenvalue weighted by molar-refractivity contribution is -0.123. The van der Waals surface area contributed by atoms with Crippen molar-refractivity contribution < 1.29 is 9.18 Å². The van der Waals surface area contributed by atoms with Crippen molar-refractivity contribution in [1.29, 1.82) is 0 Å². The Labute approximate surface area is 217 Å². The molecule has 0 aliphatic rings. The second-order valence-electron chi connectivity index (χ2n) is 10.2. The molecule has 9 heteroatoms. The summed E-state index contributed by atoms with van der Waals surface area (Å²) in [6, 6.07) is 12.4. The van der Waals surface area contributed by atoms with Crippen LogP contribution in [0.15, 0.2) is 73.4 Å². The van der Waals surface area contributed by atoms with Gasteiger partial charge in [0.15, 0.2) is 0 Å². The van der Waals surface area contributed by atoms with Crippen molar-refractivity contribution in [2.75, 3.05) is 5.32 Å². The molecule has 0 bridgehead atoms. The summed E-state index contributed by atoms with van der Waals surface area (Å²) >= 11 is 0. The van der Waals surface area contributed by atoms with Crippen LogP contribution in [0.25, 0.3) is 55.6 Å². The molecule has 0 saturated heterocycles. The van der Waals surface area contributed by atoms with Crippen LogP contribution in [0, 0.1) is 11.2 Å². The van der Waals surface area contributed by atoms with Crippen molar-refractivity contribution >= 4 is 33.4 Å². The molecule has 5 heterocycles. The first kappa shape index (κ1) is 23.5. The van der Waals surface area contributed by atoms with Crippen LogP contribution in [-0.4, -0.2) is 36.0 Å². The minimum Gasteiger partial charge on any atom is -0.352 e. The van der Waals surface area contributed by atoms with E-state index in [0.29, 0.717) is 28.2 Å². The summed E-state index contributed by atoms with van der Waals surface area (Å²) in [5.41, 5.74) is 5.70. The van der Waals surface area contributed by atoms with Crippen LogP contribution < -0.4 is 5.32 Å². The van der Waals surface area contributed by atoms with E-state index in [2.05, 4.69) is 35.5 Å². The summed E-state index contributed by atoms with van der Waals surface area (Å²) in [7, 11) is 0. The first-order valence-corrected chi connectivity index (χ1v) is 12.1. The Balaban J connectivity index is 1.41. The molecule has 38 heavy (non-hydrogen) atoms. The fraction of sp³-hybridized carbons (Fsp3) is 0.138. The average Bonchev–Trinajstić information content (AvgIpc) is 3.52. The van der Waals surface area contributed by atoms with Crippen molar-refractivity contribution in [3.8, 4) is 33.8 Å². The molecular weight excluding hydrogens is 481 g/mol. The minimum absolute atomic E-state index is 0.0972. The number of carbonyl (C=O) groups is 1. The number of carbonyl (C=O) groups excluding carboxylic acids is 1. The molecule has 0 fully saturated rings. The molecule has 0 unspecified atom stereocenters. The molecular formula is C29H24FN7O. The molecule has 8 nitrogen and oxygen atoms in total. The van der Waals surface area contributed by atoms with Gasteiger partial charge in [0, 0.05) is 45.3 Å². The number of nitrogens with zero attached hydrogens (tertiary/aromatic N) is 4. The summed E-state index contributed by atoms with van der Waals surface area (Å²) in [5, 5.41) is 12.2. The molecule has 0 aliphatic heterocycles. The molecule has 5 aromatic heterocycles. The molecule has 1 aromatic carbocycles. The third-order valence-corrected chi connectivity index (χ3v) is 6.39. The zero-order chi connectivity index (χ0) is 26.4. The van der Waals surface area contributed by atoms with Crippen LogP contribution in [-0.2, 0) is 4.79 Å². The molecule has 3 N–H and O–H groups in total. The molecule has 0 aliphatic carbocycles. The molecule has 6 aromatic rings. The van der Waals surface area contributed by atoms with Crippen LogP contribution in [0.4, 0.5) is 10.1 Å². The zero-order valence-electron chi connectivity index (χ0n) is 21.0. The number of amides is 1. The van der Waals surface area contributed by atoms with Gasteiger partial charge in [0.25, 0.3) is 0 Å². The van der Waals surface area contributed by atoms with Crippen molar-refractivity contribution in [3.63, 3.8) is 0 Å². The fourth-order valence-electron chi connectivity index (χ4n) is 4.32. The Hall–Kier alpha value is -4.92. The highest BCUT2D eigenvalue weighted by Gasteiger charge is 2.21. The summed E-state index contributed by atoms with van der Waals surface area (Å²) in [4.78, 5) is 29.0. The zero-order valence-corrected chi connectivity index (χ0v) is 21.0. The summed E-state index contributed by atoms with van der Waals surface area (Å²) in [6.07, 6.45) is 8.42. The topological polar surface area (TPSA) is 112 Å². The van der Waals surface area contributed by atoms with Crippen LogP contribution in [0.5, 0.6) is 0 Å². The third kappa shape index (κ3) is 4.17. The largest absolute Gasteiger partial charge is 0.352 e. The molecule has 6 rings (SSSR count). The van der Waals surface area contributed by atoms with Gasteiger partial charge in [-0.2, -0.15) is 5.10 Å². The average molecular weight is 506 g/mol. The van der Waals surface area contributed by atoms with E-state index in [1.807, 2.05) is 39.0 Å². The summed E-state index contributed by atoms with van der Waals surface area (Å²) in [6.45, 7) is 5.57. The molecule has 0 atom stereocenters. The van der Waals surface area contributed by atoms with Crippen molar-refractivity contribution in [1.82, 2.24) is 30.1 Å². The smallest absolute Gasteiger partial charge is 0.229 e. The number of aromatic nitrogens is 6. The van der Waals surface area contributed by atoms with Crippen LogP contribution >= 0.6 is 0 Å². The number of fused-ring (bicyclic) bond motifs is 2. The maximum absolute atomic E-state index is 14.6. The van der Waals surface area contributed by atoms with Gasteiger partial charge in [-0.25, -0.2) is 4.39 Å². The number of anilines is 1. The number of H-pyrrole nitrogens is 2. The number of hydrogen-bond donors (Lipinski definition) is 3. The van der Waals surface area contributed by atoms with E-state index < -0.39 is 5.41 Å². The second kappa shape index (κ2) is 8.88. The normalized spacial score (nSPS) is 11.8. The van der Waals surface area contributed by atoms with Crippen LogP contribution in [0.2, 0.25) is 0 Å². The molecule has 0 spiro atoms. The van der Waals surface area contributed by atoms with E-state index in [-0.39, 0.29) is 11.7 Å². The van der Waals surface area contributed by atoms with Gasteiger partial charge < -0.3 is 10.3 Å². The maximum atomic E-state index is 14.6. The Kier molecular flexibility index (Phi) is 5.48. The van der Waals surface area contributed by atoms with Gasteiger partial charge in [0.1, 0.15) is 11.5 Å². The van der Waals surface area contributed by atoms with Gasteiger partial charge in [-0.05, 0) is 24.3 Å². The standard InChI is InChI=1S/C29H24FN7O/c1-29(2,3)28(38)34-17-8-16(11-31-12-17)23-10-20-26(15-33-23)36-37-27(20)24-9-19-21(13-32-14-25(19)35-24)18-6-4-5-7-22(18)30/h4-15,35H,1-3H3,(H,34,38)(H,36,37). The number of halogens is 1. The lowest BCUT2D eigenvalue weighted by atomic mass is 9.95. The Morgan fingerprint density at radius 1 is 0.895 bits per heavy atom. The maximum Gasteiger partial charge on any atom is 0.229 e. The lowest BCUT2D eigenvalue weighted by Crippen LogP contribution is -2.27. The van der Waals surface area contributed by atoms with Gasteiger partial charge in [-0.15, -0.1) is 0 Å². The monoisotopic (exact) mass is 505 g/mol. The predicted octanol–water partition coefficient (Wildman–Crippen LogP) is 6.35. The number of pyridine rings is 3. The highest BCUT2D eigenvalue weighted by Crippen LogP contribution is 2.35. The number of benzene rings is 1. The van der Waals surface area contributed by atoms with Crippen molar-refractivity contribution in [2.24, 2.45) is 5.41 Å². The van der Waals surface area contributed by atoms with Gasteiger partial charge in [-0.3, -0.25) is 24.8 Å². The first-order valence-electron chi connectivity index (χ1n) is 12.1. The van der Waals surface area contributed by atoms with Gasteiger partial charge in [0.05, 0.1) is 46.7 Å². The number of hydrogen-bond acceptors (Lipinski definition) is 5.